The third-order valence-corrected chi connectivity index (χ3v) is 2.69. The Kier molecular flexibility index (Phi) is 2.77. The minimum absolute atomic E-state index is 0.335. The fourth-order valence-electron chi connectivity index (χ4n) is 1.55. The van der Waals surface area contributed by atoms with Crippen LogP contribution in [0.5, 0.6) is 0 Å². The molecule has 1 nitrogen and oxygen atoms in total. The average molecular weight is 197 g/mol. The van der Waals surface area contributed by atoms with Gasteiger partial charge >= 0.3 is 0 Å². The fraction of sp³-hybridized carbons (Fsp3) is 0.455. The molecule has 0 bridgehead atoms. The highest BCUT2D eigenvalue weighted by atomic mass is 19.1. The first-order chi connectivity index (χ1) is 6.75. The molecular weight excluding hydrogens is 184 g/mol. The van der Waals surface area contributed by atoms with E-state index in [-0.39, 0.29) is 11.6 Å². The van der Waals surface area contributed by atoms with Crippen molar-refractivity contribution >= 4 is 0 Å². The van der Waals surface area contributed by atoms with Gasteiger partial charge in [-0.2, -0.15) is 0 Å². The van der Waals surface area contributed by atoms with Gasteiger partial charge < -0.3 is 5.32 Å². The summed E-state index contributed by atoms with van der Waals surface area (Å²) in [5.41, 5.74) is 0.414. The summed E-state index contributed by atoms with van der Waals surface area (Å²) in [6.07, 6.45) is 3.54. The van der Waals surface area contributed by atoms with Crippen LogP contribution >= 0.6 is 0 Å². The number of hydrogen-bond donors (Lipinski definition) is 1. The number of halogens is 2. The summed E-state index contributed by atoms with van der Waals surface area (Å²) in [6.45, 7) is 0.425. The monoisotopic (exact) mass is 197 g/mol. The molecule has 0 aliphatic heterocycles. The molecule has 14 heavy (non-hydrogen) atoms. The normalized spacial score (nSPS) is 16.7. The third kappa shape index (κ3) is 2.10. The molecule has 1 N–H and O–H groups in total. The zero-order valence-electron chi connectivity index (χ0n) is 7.89. The molecule has 0 aromatic heterocycles. The Morgan fingerprint density at radius 3 is 2.71 bits per heavy atom. The first kappa shape index (κ1) is 9.59. The maximum absolute atomic E-state index is 13.1. The molecule has 0 saturated heterocycles. The first-order valence-corrected chi connectivity index (χ1v) is 4.93. The summed E-state index contributed by atoms with van der Waals surface area (Å²) < 4.78 is 25.9. The predicted molar refractivity (Wildman–Crippen MR) is 50.8 cm³/mol. The third-order valence-electron chi connectivity index (χ3n) is 2.69. The molecule has 1 saturated carbocycles. The molecule has 0 amide bonds. The van der Waals surface area contributed by atoms with Crippen LogP contribution in [-0.2, 0) is 6.54 Å². The highest BCUT2D eigenvalue weighted by molar-refractivity contribution is 5.18. The molecule has 0 radical (unpaired) electrons. The van der Waals surface area contributed by atoms with Crippen molar-refractivity contribution in [3.63, 3.8) is 0 Å². The van der Waals surface area contributed by atoms with Crippen LogP contribution < -0.4 is 5.32 Å². The summed E-state index contributed by atoms with van der Waals surface area (Å²) in [5.74, 6) is -0.713. The second-order valence-corrected chi connectivity index (χ2v) is 3.74. The van der Waals surface area contributed by atoms with Crippen LogP contribution in [0.4, 0.5) is 8.78 Å². The Hall–Kier alpha value is -0.960. The predicted octanol–water partition coefficient (Wildman–Crippen LogP) is 2.61. The quantitative estimate of drug-likeness (QED) is 0.785. The molecule has 1 aromatic rings. The molecule has 3 heteroatoms. The number of benzene rings is 1. The van der Waals surface area contributed by atoms with Gasteiger partial charge in [-0.3, -0.25) is 0 Å². The highest BCUT2D eigenvalue weighted by Gasteiger charge is 2.16. The Morgan fingerprint density at radius 2 is 2.07 bits per heavy atom. The van der Waals surface area contributed by atoms with Gasteiger partial charge in [0.2, 0.25) is 0 Å². The first-order valence-electron chi connectivity index (χ1n) is 4.93. The van der Waals surface area contributed by atoms with Crippen LogP contribution in [0, 0.1) is 11.6 Å². The summed E-state index contributed by atoms with van der Waals surface area (Å²) in [4.78, 5) is 0. The summed E-state index contributed by atoms with van der Waals surface area (Å²) in [5, 5.41) is 3.20. The summed E-state index contributed by atoms with van der Waals surface area (Å²) in [7, 11) is 0. The second kappa shape index (κ2) is 4.05. The lowest BCUT2D eigenvalue weighted by Gasteiger charge is -2.26. The van der Waals surface area contributed by atoms with Crippen molar-refractivity contribution in [1.29, 1.82) is 0 Å². The van der Waals surface area contributed by atoms with Crippen molar-refractivity contribution in [2.45, 2.75) is 31.8 Å². The van der Waals surface area contributed by atoms with Crippen LogP contribution in [0.2, 0.25) is 0 Å². The molecule has 0 spiro atoms. The van der Waals surface area contributed by atoms with E-state index < -0.39 is 0 Å². The van der Waals surface area contributed by atoms with Gasteiger partial charge in [-0.15, -0.1) is 0 Å². The standard InChI is InChI=1S/C11H13F2N/c12-9-4-5-11(13)8(6-9)7-14-10-2-1-3-10/h4-6,10,14H,1-3,7H2. The lowest BCUT2D eigenvalue weighted by atomic mass is 9.93. The van der Waals surface area contributed by atoms with Crippen molar-refractivity contribution < 1.29 is 8.78 Å². The van der Waals surface area contributed by atoms with E-state index in [1.165, 1.54) is 18.6 Å². The molecule has 0 unspecified atom stereocenters. The van der Waals surface area contributed by atoms with Gasteiger partial charge in [-0.05, 0) is 31.0 Å². The van der Waals surface area contributed by atoms with Crippen molar-refractivity contribution in [2.75, 3.05) is 0 Å². The molecule has 0 atom stereocenters. The van der Waals surface area contributed by atoms with Gasteiger partial charge in [0.1, 0.15) is 11.6 Å². The smallest absolute Gasteiger partial charge is 0.127 e. The molecule has 2 rings (SSSR count). The van der Waals surface area contributed by atoms with Gasteiger partial charge in [-0.1, -0.05) is 6.42 Å². The maximum Gasteiger partial charge on any atom is 0.127 e. The Morgan fingerprint density at radius 1 is 1.29 bits per heavy atom. The van der Waals surface area contributed by atoms with E-state index >= 15 is 0 Å². The van der Waals surface area contributed by atoms with Crippen LogP contribution in [0.15, 0.2) is 18.2 Å². The maximum atomic E-state index is 13.1. The highest BCUT2D eigenvalue weighted by Crippen LogP contribution is 2.19. The Bertz CT molecular complexity index is 321. The van der Waals surface area contributed by atoms with Crippen LogP contribution in [0.3, 0.4) is 0 Å². The second-order valence-electron chi connectivity index (χ2n) is 3.74. The topological polar surface area (TPSA) is 12.0 Å². The van der Waals surface area contributed by atoms with Gasteiger partial charge in [0.15, 0.2) is 0 Å². The molecule has 1 aromatic carbocycles. The van der Waals surface area contributed by atoms with E-state index in [1.54, 1.807) is 0 Å². The minimum Gasteiger partial charge on any atom is -0.310 e. The molecule has 1 aliphatic rings. The SMILES string of the molecule is Fc1ccc(F)c(CNC2CCC2)c1. The number of rotatable bonds is 3. The summed E-state index contributed by atoms with van der Waals surface area (Å²) >= 11 is 0. The molecule has 1 fully saturated rings. The number of nitrogens with one attached hydrogen (secondary N) is 1. The van der Waals surface area contributed by atoms with Crippen LogP contribution in [0.25, 0.3) is 0 Å². The molecule has 1 aliphatic carbocycles. The zero-order valence-corrected chi connectivity index (χ0v) is 7.89. The average Bonchev–Trinajstić information content (AvgIpc) is 2.08. The van der Waals surface area contributed by atoms with E-state index in [4.69, 9.17) is 0 Å². The zero-order chi connectivity index (χ0) is 9.97. The van der Waals surface area contributed by atoms with Crippen molar-refractivity contribution in [2.24, 2.45) is 0 Å². The van der Waals surface area contributed by atoms with Crippen molar-refractivity contribution in [3.05, 3.63) is 35.4 Å². The fourth-order valence-corrected chi connectivity index (χ4v) is 1.55. The lowest BCUT2D eigenvalue weighted by Crippen LogP contribution is -2.34. The van der Waals surface area contributed by atoms with Crippen LogP contribution in [0.1, 0.15) is 24.8 Å². The van der Waals surface area contributed by atoms with E-state index in [0.29, 0.717) is 18.2 Å². The lowest BCUT2D eigenvalue weighted by molar-refractivity contribution is 0.336. The Balaban J connectivity index is 1.96. The van der Waals surface area contributed by atoms with Crippen molar-refractivity contribution in [1.82, 2.24) is 5.32 Å². The van der Waals surface area contributed by atoms with Gasteiger partial charge in [0, 0.05) is 18.2 Å². The minimum atomic E-state index is -0.378. The number of hydrogen-bond acceptors (Lipinski definition) is 1. The van der Waals surface area contributed by atoms with E-state index in [2.05, 4.69) is 5.32 Å². The molecule has 0 heterocycles. The largest absolute Gasteiger partial charge is 0.310 e. The van der Waals surface area contributed by atoms with Crippen molar-refractivity contribution in [3.8, 4) is 0 Å². The van der Waals surface area contributed by atoms with Gasteiger partial charge in [0.05, 0.1) is 0 Å². The van der Waals surface area contributed by atoms with E-state index in [9.17, 15) is 8.78 Å². The Labute approximate surface area is 82.1 Å². The van der Waals surface area contributed by atoms with Gasteiger partial charge in [-0.25, -0.2) is 8.78 Å². The van der Waals surface area contributed by atoms with Crippen LogP contribution in [-0.4, -0.2) is 6.04 Å². The molecule has 76 valence electrons. The van der Waals surface area contributed by atoms with E-state index in [1.807, 2.05) is 0 Å². The van der Waals surface area contributed by atoms with Gasteiger partial charge in [0.25, 0.3) is 0 Å². The molecular formula is C11H13F2N. The van der Waals surface area contributed by atoms with E-state index in [0.717, 1.165) is 18.9 Å². The summed E-state index contributed by atoms with van der Waals surface area (Å²) in [6, 6.07) is 4.06.